The highest BCUT2D eigenvalue weighted by molar-refractivity contribution is 7.91. The number of sulfone groups is 1. The zero-order chi connectivity index (χ0) is 16.7. The van der Waals surface area contributed by atoms with Crippen LogP contribution in [0.5, 0.6) is 0 Å². The van der Waals surface area contributed by atoms with Crippen LogP contribution < -0.4 is 10.6 Å². The molecule has 0 bridgehead atoms. The molecule has 7 heteroatoms. The van der Waals surface area contributed by atoms with E-state index < -0.39 is 15.3 Å². The SMILES string of the molecule is Cc1ccc(NC(=O)C2(C(=O)NC3CCS(=O)(=O)C3)CC2)cc1. The van der Waals surface area contributed by atoms with Gasteiger partial charge in [-0.1, -0.05) is 17.7 Å². The first-order valence-corrected chi connectivity index (χ1v) is 9.52. The number of nitrogens with one attached hydrogen (secondary N) is 2. The molecule has 2 amide bonds. The summed E-state index contributed by atoms with van der Waals surface area (Å²) in [6, 6.07) is 6.99. The van der Waals surface area contributed by atoms with Crippen molar-refractivity contribution in [1.82, 2.24) is 5.32 Å². The molecule has 0 spiro atoms. The van der Waals surface area contributed by atoms with Crippen LogP contribution in [0.15, 0.2) is 24.3 Å². The van der Waals surface area contributed by atoms with Crippen molar-refractivity contribution in [2.24, 2.45) is 5.41 Å². The Bertz CT molecular complexity index is 736. The molecule has 0 aromatic heterocycles. The Hall–Kier alpha value is -1.89. The lowest BCUT2D eigenvalue weighted by molar-refractivity contribution is -0.134. The van der Waals surface area contributed by atoms with Crippen LogP contribution >= 0.6 is 0 Å². The van der Waals surface area contributed by atoms with Crippen molar-refractivity contribution in [1.29, 1.82) is 0 Å². The van der Waals surface area contributed by atoms with E-state index in [0.29, 0.717) is 24.9 Å². The quantitative estimate of drug-likeness (QED) is 0.803. The van der Waals surface area contributed by atoms with Gasteiger partial charge in [-0.05, 0) is 38.3 Å². The van der Waals surface area contributed by atoms with E-state index in [1.807, 2.05) is 19.1 Å². The van der Waals surface area contributed by atoms with Gasteiger partial charge in [0.05, 0.1) is 11.5 Å². The Labute approximate surface area is 135 Å². The standard InChI is InChI=1S/C16H20N2O4S/c1-11-2-4-12(5-3-11)17-14(19)16(7-8-16)15(20)18-13-6-9-23(21,22)10-13/h2-5,13H,6-10H2,1H3,(H,17,19)(H,18,20). The number of carbonyl (C=O) groups is 2. The molecule has 1 aromatic rings. The predicted octanol–water partition coefficient (Wildman–Crippen LogP) is 1.02. The van der Waals surface area contributed by atoms with Gasteiger partial charge < -0.3 is 10.6 Å². The maximum atomic E-state index is 12.4. The summed E-state index contributed by atoms with van der Waals surface area (Å²) in [7, 11) is -3.05. The van der Waals surface area contributed by atoms with Gasteiger partial charge in [-0.25, -0.2) is 8.42 Å². The van der Waals surface area contributed by atoms with Crippen molar-refractivity contribution in [2.45, 2.75) is 32.2 Å². The largest absolute Gasteiger partial charge is 0.351 e. The number of benzene rings is 1. The van der Waals surface area contributed by atoms with Gasteiger partial charge in [-0.15, -0.1) is 0 Å². The van der Waals surface area contributed by atoms with Crippen molar-refractivity contribution in [3.63, 3.8) is 0 Å². The molecule has 2 aliphatic rings. The second-order valence-electron chi connectivity index (χ2n) is 6.48. The zero-order valence-corrected chi connectivity index (χ0v) is 13.8. The molecule has 1 atom stereocenters. The second-order valence-corrected chi connectivity index (χ2v) is 8.70. The highest BCUT2D eigenvalue weighted by atomic mass is 32.2. The molecule has 1 aliphatic carbocycles. The molecule has 2 N–H and O–H groups in total. The summed E-state index contributed by atoms with van der Waals surface area (Å²) in [5.41, 5.74) is 0.699. The average Bonchev–Trinajstić information content (AvgIpc) is 3.23. The minimum Gasteiger partial charge on any atom is -0.351 e. The molecule has 124 valence electrons. The third kappa shape index (κ3) is 3.39. The van der Waals surface area contributed by atoms with Crippen molar-refractivity contribution >= 4 is 27.3 Å². The molecule has 0 radical (unpaired) electrons. The van der Waals surface area contributed by atoms with E-state index in [4.69, 9.17) is 0 Å². The van der Waals surface area contributed by atoms with E-state index in [9.17, 15) is 18.0 Å². The smallest absolute Gasteiger partial charge is 0.240 e. The minimum absolute atomic E-state index is 0.0333. The van der Waals surface area contributed by atoms with Crippen molar-refractivity contribution in [3.05, 3.63) is 29.8 Å². The van der Waals surface area contributed by atoms with Crippen LogP contribution in [-0.4, -0.2) is 37.8 Å². The number of hydrogen-bond donors (Lipinski definition) is 2. The monoisotopic (exact) mass is 336 g/mol. The van der Waals surface area contributed by atoms with Crippen LogP contribution in [0.25, 0.3) is 0 Å². The lowest BCUT2D eigenvalue weighted by Gasteiger charge is -2.18. The average molecular weight is 336 g/mol. The zero-order valence-electron chi connectivity index (χ0n) is 13.0. The molecule has 1 saturated heterocycles. The van der Waals surface area contributed by atoms with E-state index >= 15 is 0 Å². The Balaban J connectivity index is 1.63. The van der Waals surface area contributed by atoms with Crippen LogP contribution in [0.2, 0.25) is 0 Å². The van der Waals surface area contributed by atoms with Gasteiger partial charge in [0.25, 0.3) is 0 Å². The van der Waals surface area contributed by atoms with Crippen LogP contribution in [0.4, 0.5) is 5.69 Å². The maximum absolute atomic E-state index is 12.4. The second kappa shape index (κ2) is 5.63. The van der Waals surface area contributed by atoms with Gasteiger partial charge >= 0.3 is 0 Å². The Morgan fingerprint density at radius 3 is 2.30 bits per heavy atom. The number of hydrogen-bond acceptors (Lipinski definition) is 4. The summed E-state index contributed by atoms with van der Waals surface area (Å²) in [6.45, 7) is 1.96. The fourth-order valence-electron chi connectivity index (χ4n) is 2.80. The molecule has 23 heavy (non-hydrogen) atoms. The van der Waals surface area contributed by atoms with E-state index in [-0.39, 0.29) is 29.4 Å². The van der Waals surface area contributed by atoms with Crippen LogP contribution in [-0.2, 0) is 19.4 Å². The highest BCUT2D eigenvalue weighted by Crippen LogP contribution is 2.47. The van der Waals surface area contributed by atoms with Crippen LogP contribution in [0.1, 0.15) is 24.8 Å². The van der Waals surface area contributed by atoms with Gasteiger partial charge in [0.1, 0.15) is 5.41 Å². The normalized spacial score (nSPS) is 24.0. The highest BCUT2D eigenvalue weighted by Gasteiger charge is 2.57. The van der Waals surface area contributed by atoms with E-state index in [0.717, 1.165) is 5.56 Å². The van der Waals surface area contributed by atoms with E-state index in [2.05, 4.69) is 10.6 Å². The van der Waals surface area contributed by atoms with E-state index in [1.165, 1.54) is 0 Å². The number of rotatable bonds is 4. The van der Waals surface area contributed by atoms with Crippen molar-refractivity contribution in [3.8, 4) is 0 Å². The molecular formula is C16H20N2O4S. The first kappa shape index (κ1) is 16.0. The van der Waals surface area contributed by atoms with Crippen LogP contribution in [0.3, 0.4) is 0 Å². The molecule has 3 rings (SSSR count). The summed E-state index contributed by atoms with van der Waals surface area (Å²) in [4.78, 5) is 24.8. The molecule has 1 unspecified atom stereocenters. The van der Waals surface area contributed by atoms with Crippen molar-refractivity contribution in [2.75, 3.05) is 16.8 Å². The van der Waals surface area contributed by atoms with Gasteiger partial charge in [-0.3, -0.25) is 9.59 Å². The Kier molecular flexibility index (Phi) is 3.91. The first-order valence-electron chi connectivity index (χ1n) is 7.70. The Morgan fingerprint density at radius 2 is 1.78 bits per heavy atom. The van der Waals surface area contributed by atoms with E-state index in [1.54, 1.807) is 12.1 Å². The van der Waals surface area contributed by atoms with Gasteiger partial charge in [0.2, 0.25) is 11.8 Å². The number of aryl methyl sites for hydroxylation is 1. The molecule has 1 aliphatic heterocycles. The lowest BCUT2D eigenvalue weighted by atomic mass is 10.0. The number of anilines is 1. The lowest BCUT2D eigenvalue weighted by Crippen LogP contribution is -2.45. The summed E-state index contributed by atoms with van der Waals surface area (Å²) in [5, 5.41) is 5.51. The third-order valence-corrected chi connectivity index (χ3v) is 6.26. The predicted molar refractivity (Wildman–Crippen MR) is 86.7 cm³/mol. The van der Waals surface area contributed by atoms with Crippen molar-refractivity contribution < 1.29 is 18.0 Å². The molecule has 2 fully saturated rings. The first-order chi connectivity index (χ1) is 10.8. The summed E-state index contributed by atoms with van der Waals surface area (Å²) in [6.07, 6.45) is 1.41. The van der Waals surface area contributed by atoms with Gasteiger partial charge in [0.15, 0.2) is 9.84 Å². The number of carbonyl (C=O) groups excluding carboxylic acids is 2. The third-order valence-electron chi connectivity index (χ3n) is 4.50. The number of amides is 2. The molecule has 1 heterocycles. The topological polar surface area (TPSA) is 92.3 Å². The molecule has 1 saturated carbocycles. The van der Waals surface area contributed by atoms with Gasteiger partial charge in [0, 0.05) is 11.7 Å². The maximum Gasteiger partial charge on any atom is 0.240 e. The fraction of sp³-hybridized carbons (Fsp3) is 0.500. The molecular weight excluding hydrogens is 316 g/mol. The molecule has 6 nitrogen and oxygen atoms in total. The summed E-state index contributed by atoms with van der Waals surface area (Å²) >= 11 is 0. The minimum atomic E-state index is -3.05. The summed E-state index contributed by atoms with van der Waals surface area (Å²) < 4.78 is 22.9. The molecule has 1 aromatic carbocycles. The van der Waals surface area contributed by atoms with Gasteiger partial charge in [-0.2, -0.15) is 0 Å². The fourth-order valence-corrected chi connectivity index (χ4v) is 4.48. The summed E-state index contributed by atoms with van der Waals surface area (Å²) in [5.74, 6) is -0.613. The Morgan fingerprint density at radius 1 is 1.13 bits per heavy atom. The van der Waals surface area contributed by atoms with Crippen LogP contribution in [0, 0.1) is 12.3 Å².